The molecule has 158 valence electrons. The number of hydrogen-bond donors (Lipinski definition) is 0. The van der Waals surface area contributed by atoms with Crippen LogP contribution < -0.4 is 0 Å². The second-order valence-electron chi connectivity index (χ2n) is 7.95. The number of Topliss-reactive ketones (excluding diaryl/α,β-unsaturated/α-hetero) is 1. The van der Waals surface area contributed by atoms with E-state index in [1.165, 1.54) is 0 Å². The van der Waals surface area contributed by atoms with E-state index < -0.39 is 6.04 Å². The van der Waals surface area contributed by atoms with Crippen LogP contribution in [0.25, 0.3) is 16.8 Å². The van der Waals surface area contributed by atoms with Gasteiger partial charge in [-0.05, 0) is 49.2 Å². The monoisotopic (exact) mass is 440 g/mol. The van der Waals surface area contributed by atoms with E-state index in [1.807, 2.05) is 54.0 Å². The maximum atomic E-state index is 12.1. The third kappa shape index (κ3) is 3.65. The zero-order valence-electron chi connectivity index (χ0n) is 17.8. The Kier molecular flexibility index (Phi) is 5.19. The average molecular weight is 441 g/mol. The van der Waals surface area contributed by atoms with Crippen molar-refractivity contribution in [1.29, 1.82) is 0 Å². The lowest BCUT2D eigenvalue weighted by atomic mass is 9.95. The van der Waals surface area contributed by atoms with Gasteiger partial charge in [-0.2, -0.15) is 0 Å². The van der Waals surface area contributed by atoms with Gasteiger partial charge in [0.1, 0.15) is 17.6 Å². The molecular formula is C26H21ClN4O. The normalized spacial score (nSPS) is 14.8. The number of nitrogens with zero attached hydrogens (tertiary/aromatic N) is 4. The predicted octanol–water partition coefficient (Wildman–Crippen LogP) is 5.77. The molecule has 0 N–H and O–H groups in total. The lowest BCUT2D eigenvalue weighted by Crippen LogP contribution is -2.09. The summed E-state index contributed by atoms with van der Waals surface area (Å²) in [4.78, 5) is 17.2. The molecule has 0 unspecified atom stereocenters. The van der Waals surface area contributed by atoms with Crippen LogP contribution in [-0.2, 0) is 4.79 Å². The van der Waals surface area contributed by atoms with E-state index in [0.29, 0.717) is 10.8 Å². The van der Waals surface area contributed by atoms with Crippen LogP contribution in [0.15, 0.2) is 77.8 Å². The molecule has 1 atom stereocenters. The number of rotatable bonds is 4. The third-order valence-corrected chi connectivity index (χ3v) is 5.88. The minimum Gasteiger partial charge on any atom is -0.300 e. The molecule has 0 fully saturated rings. The highest BCUT2D eigenvalue weighted by Gasteiger charge is 2.29. The summed E-state index contributed by atoms with van der Waals surface area (Å²) in [6.07, 6.45) is 0.259. The van der Waals surface area contributed by atoms with Gasteiger partial charge in [0, 0.05) is 22.6 Å². The Balaban J connectivity index is 1.79. The van der Waals surface area contributed by atoms with Crippen LogP contribution in [0, 0.1) is 6.92 Å². The van der Waals surface area contributed by atoms with Gasteiger partial charge >= 0.3 is 0 Å². The number of halogens is 1. The van der Waals surface area contributed by atoms with Crippen LogP contribution in [0.4, 0.5) is 0 Å². The van der Waals surface area contributed by atoms with Gasteiger partial charge in [0.2, 0.25) is 0 Å². The topological polar surface area (TPSA) is 60.1 Å². The second-order valence-corrected chi connectivity index (χ2v) is 8.38. The van der Waals surface area contributed by atoms with Crippen LogP contribution in [-0.4, -0.2) is 26.3 Å². The Labute approximate surface area is 191 Å². The Morgan fingerprint density at radius 1 is 0.938 bits per heavy atom. The predicted molar refractivity (Wildman–Crippen MR) is 127 cm³/mol. The summed E-state index contributed by atoms with van der Waals surface area (Å²) in [5, 5.41) is 9.37. The van der Waals surface area contributed by atoms with Gasteiger partial charge in [-0.25, -0.2) is 0 Å². The van der Waals surface area contributed by atoms with E-state index in [2.05, 4.69) is 40.5 Å². The van der Waals surface area contributed by atoms with Crippen molar-refractivity contribution in [3.05, 3.63) is 101 Å². The summed E-state index contributed by atoms with van der Waals surface area (Å²) in [5.41, 5.74) is 5.86. The Hall–Kier alpha value is -3.57. The molecule has 6 heteroatoms. The fourth-order valence-electron chi connectivity index (χ4n) is 4.15. The van der Waals surface area contributed by atoms with E-state index in [9.17, 15) is 4.79 Å². The number of aliphatic imine (C=N–C) groups is 1. The lowest BCUT2D eigenvalue weighted by molar-refractivity contribution is -0.117. The van der Waals surface area contributed by atoms with Gasteiger partial charge in [0.05, 0.1) is 11.4 Å². The Bertz CT molecular complexity index is 1340. The molecule has 0 bridgehead atoms. The summed E-state index contributed by atoms with van der Waals surface area (Å²) < 4.78 is 2.02. The van der Waals surface area contributed by atoms with E-state index in [-0.39, 0.29) is 12.2 Å². The van der Waals surface area contributed by atoms with Crippen molar-refractivity contribution in [2.75, 3.05) is 0 Å². The second kappa shape index (κ2) is 8.17. The fraction of sp³-hybridized carbons (Fsp3) is 0.154. The molecular weight excluding hydrogens is 420 g/mol. The molecule has 3 aromatic carbocycles. The van der Waals surface area contributed by atoms with Crippen molar-refractivity contribution in [2.24, 2.45) is 4.99 Å². The molecule has 0 amide bonds. The highest BCUT2D eigenvalue weighted by molar-refractivity contribution is 6.30. The fourth-order valence-corrected chi connectivity index (χ4v) is 4.28. The van der Waals surface area contributed by atoms with Gasteiger partial charge in [-0.1, -0.05) is 60.1 Å². The van der Waals surface area contributed by atoms with Crippen molar-refractivity contribution in [3.8, 4) is 16.8 Å². The van der Waals surface area contributed by atoms with Crippen LogP contribution in [0.1, 0.15) is 42.2 Å². The molecule has 5 rings (SSSR count). The van der Waals surface area contributed by atoms with E-state index in [0.717, 1.165) is 39.5 Å². The number of hydrogen-bond acceptors (Lipinski definition) is 4. The number of benzene rings is 3. The van der Waals surface area contributed by atoms with Crippen molar-refractivity contribution < 1.29 is 4.79 Å². The molecule has 2 heterocycles. The molecule has 1 aromatic heterocycles. The summed E-state index contributed by atoms with van der Waals surface area (Å²) in [6, 6.07) is 23.8. The first-order chi connectivity index (χ1) is 15.5. The quantitative estimate of drug-likeness (QED) is 0.405. The van der Waals surface area contributed by atoms with Crippen LogP contribution >= 0.6 is 11.6 Å². The maximum absolute atomic E-state index is 12.1. The van der Waals surface area contributed by atoms with Gasteiger partial charge in [0.15, 0.2) is 5.82 Å². The molecule has 0 saturated carbocycles. The first-order valence-electron chi connectivity index (χ1n) is 10.5. The minimum atomic E-state index is -0.424. The van der Waals surface area contributed by atoms with Crippen LogP contribution in [0.3, 0.4) is 0 Å². The molecule has 5 nitrogen and oxygen atoms in total. The van der Waals surface area contributed by atoms with E-state index in [1.54, 1.807) is 6.92 Å². The maximum Gasteiger partial charge on any atom is 0.162 e. The molecule has 0 radical (unpaired) electrons. The SMILES string of the molecule is CC(=O)C[C@@H]1N=C(c2ccc(Cl)cc2)c2cc(-c3ccccc3)ccc2-n2c(C)nnc21. The molecule has 32 heavy (non-hydrogen) atoms. The third-order valence-electron chi connectivity index (χ3n) is 5.63. The minimum absolute atomic E-state index is 0.0531. The number of fused-ring (bicyclic) bond motifs is 3. The van der Waals surface area contributed by atoms with Crippen molar-refractivity contribution >= 4 is 23.1 Å². The zero-order chi connectivity index (χ0) is 22.2. The van der Waals surface area contributed by atoms with Gasteiger partial charge < -0.3 is 0 Å². The summed E-state index contributed by atoms with van der Waals surface area (Å²) >= 11 is 6.16. The molecule has 0 spiro atoms. The molecule has 1 aliphatic rings. The molecule has 0 aliphatic carbocycles. The average Bonchev–Trinajstić information content (AvgIpc) is 3.12. The number of aromatic nitrogens is 3. The lowest BCUT2D eigenvalue weighted by Gasteiger charge is -2.14. The summed E-state index contributed by atoms with van der Waals surface area (Å²) in [5.74, 6) is 1.49. The van der Waals surface area contributed by atoms with Crippen molar-refractivity contribution in [1.82, 2.24) is 14.8 Å². The Morgan fingerprint density at radius 2 is 1.66 bits per heavy atom. The Morgan fingerprint density at radius 3 is 2.38 bits per heavy atom. The first kappa shape index (κ1) is 20.3. The van der Waals surface area contributed by atoms with Gasteiger partial charge in [0.25, 0.3) is 0 Å². The number of carbonyl (C=O) groups is 1. The number of aryl methyl sites for hydroxylation is 1. The van der Waals surface area contributed by atoms with E-state index in [4.69, 9.17) is 16.6 Å². The summed E-state index contributed by atoms with van der Waals surface area (Å²) in [6.45, 7) is 3.50. The largest absolute Gasteiger partial charge is 0.300 e. The van der Waals surface area contributed by atoms with Crippen LogP contribution in [0.5, 0.6) is 0 Å². The van der Waals surface area contributed by atoms with Gasteiger partial charge in [-0.3, -0.25) is 14.4 Å². The first-order valence-corrected chi connectivity index (χ1v) is 10.8. The molecule has 0 saturated heterocycles. The standard InChI is InChI=1S/C26H21ClN4O/c1-16(32)14-23-26-30-29-17(2)31(26)24-13-10-20(18-6-4-3-5-7-18)15-22(24)25(28-23)19-8-11-21(27)12-9-19/h3-13,15,23H,14H2,1-2H3/t23-/m0/s1. The number of carbonyl (C=O) groups excluding carboxylic acids is 1. The zero-order valence-corrected chi connectivity index (χ0v) is 18.5. The van der Waals surface area contributed by atoms with Crippen LogP contribution in [0.2, 0.25) is 5.02 Å². The molecule has 4 aromatic rings. The molecule has 1 aliphatic heterocycles. The van der Waals surface area contributed by atoms with Crippen molar-refractivity contribution in [3.63, 3.8) is 0 Å². The highest BCUT2D eigenvalue weighted by Crippen LogP contribution is 2.35. The van der Waals surface area contributed by atoms with Crippen molar-refractivity contribution in [2.45, 2.75) is 26.3 Å². The smallest absolute Gasteiger partial charge is 0.162 e. The highest BCUT2D eigenvalue weighted by atomic mass is 35.5. The summed E-state index contributed by atoms with van der Waals surface area (Å²) in [7, 11) is 0. The van der Waals surface area contributed by atoms with Gasteiger partial charge in [-0.15, -0.1) is 10.2 Å². The van der Waals surface area contributed by atoms with E-state index >= 15 is 0 Å². The number of ketones is 1.